The van der Waals surface area contributed by atoms with Gasteiger partial charge in [0, 0.05) is 24.7 Å². The number of rotatable bonds is 3. The third-order valence-corrected chi connectivity index (χ3v) is 3.72. The van der Waals surface area contributed by atoms with E-state index in [0.29, 0.717) is 12.1 Å². The highest BCUT2D eigenvalue weighted by Gasteiger charge is 2.22. The van der Waals surface area contributed by atoms with Gasteiger partial charge in [0.1, 0.15) is 0 Å². The second-order valence-electron chi connectivity index (χ2n) is 5.56. The highest BCUT2D eigenvalue weighted by Crippen LogP contribution is 2.22. The second kappa shape index (κ2) is 6.55. The number of amides is 1. The zero-order valence-corrected chi connectivity index (χ0v) is 12.5. The van der Waals surface area contributed by atoms with Crippen LogP contribution < -0.4 is 5.32 Å². The Hall–Kier alpha value is -1.84. The summed E-state index contributed by atoms with van der Waals surface area (Å²) >= 11 is 0. The molecule has 1 N–H and O–H groups in total. The number of carbonyl (C=O) groups excluding carboxylic acids is 1. The van der Waals surface area contributed by atoms with Gasteiger partial charge in [-0.25, -0.2) is 0 Å². The molecule has 1 aromatic rings. The number of benzene rings is 1. The van der Waals surface area contributed by atoms with E-state index in [1.807, 2.05) is 30.5 Å². The third-order valence-electron chi connectivity index (χ3n) is 3.72. The number of anilines is 1. The first-order valence-corrected chi connectivity index (χ1v) is 7.26. The Morgan fingerprint density at radius 1 is 1.25 bits per heavy atom. The van der Waals surface area contributed by atoms with Crippen LogP contribution in [-0.2, 0) is 4.79 Å². The standard InChI is InChI=1S/C16H23N3O/c1-12-5-4-6-13(2)19(12)17-11-15-7-9-16(10-8-15)18-14(3)20/h7-13H,4-6H2,1-3H3,(H,18,20)/b17-11-/t12-,13-/m0/s1. The first-order valence-electron chi connectivity index (χ1n) is 7.26. The Morgan fingerprint density at radius 3 is 2.40 bits per heavy atom. The minimum atomic E-state index is -0.0533. The minimum absolute atomic E-state index is 0.0533. The number of hydrazone groups is 1. The molecule has 0 aromatic heterocycles. The zero-order chi connectivity index (χ0) is 14.5. The molecule has 0 saturated carbocycles. The summed E-state index contributed by atoms with van der Waals surface area (Å²) < 4.78 is 0. The predicted molar refractivity (Wildman–Crippen MR) is 83.0 cm³/mol. The van der Waals surface area contributed by atoms with Crippen molar-refractivity contribution < 1.29 is 4.79 Å². The van der Waals surface area contributed by atoms with Crippen molar-refractivity contribution >= 4 is 17.8 Å². The van der Waals surface area contributed by atoms with Crippen molar-refractivity contribution in [2.75, 3.05) is 5.32 Å². The Kier molecular flexibility index (Phi) is 4.77. The fourth-order valence-electron chi connectivity index (χ4n) is 2.62. The van der Waals surface area contributed by atoms with E-state index in [2.05, 4.69) is 29.3 Å². The van der Waals surface area contributed by atoms with Crippen LogP contribution in [0.1, 0.15) is 45.6 Å². The van der Waals surface area contributed by atoms with E-state index in [4.69, 9.17) is 0 Å². The Bertz CT molecular complexity index is 471. The molecule has 1 saturated heterocycles. The highest BCUT2D eigenvalue weighted by molar-refractivity contribution is 5.89. The largest absolute Gasteiger partial charge is 0.326 e. The molecule has 0 aliphatic carbocycles. The molecular formula is C16H23N3O. The van der Waals surface area contributed by atoms with Gasteiger partial charge in [-0.1, -0.05) is 12.1 Å². The van der Waals surface area contributed by atoms with Crippen molar-refractivity contribution in [3.63, 3.8) is 0 Å². The molecule has 1 heterocycles. The number of hydrogen-bond donors (Lipinski definition) is 1. The number of nitrogens with one attached hydrogen (secondary N) is 1. The smallest absolute Gasteiger partial charge is 0.221 e. The molecule has 0 spiro atoms. The van der Waals surface area contributed by atoms with Gasteiger partial charge in [0.15, 0.2) is 0 Å². The van der Waals surface area contributed by atoms with Crippen LogP contribution in [0, 0.1) is 0 Å². The van der Waals surface area contributed by atoms with Crippen LogP contribution in [-0.4, -0.2) is 29.2 Å². The maximum Gasteiger partial charge on any atom is 0.221 e. The summed E-state index contributed by atoms with van der Waals surface area (Å²) in [7, 11) is 0. The quantitative estimate of drug-likeness (QED) is 0.859. The van der Waals surface area contributed by atoms with Crippen LogP contribution in [0.5, 0.6) is 0 Å². The summed E-state index contributed by atoms with van der Waals surface area (Å²) in [6.45, 7) is 5.97. The average Bonchev–Trinajstić information content (AvgIpc) is 2.39. The van der Waals surface area contributed by atoms with Crippen molar-refractivity contribution in [3.8, 4) is 0 Å². The summed E-state index contributed by atoms with van der Waals surface area (Å²) in [4.78, 5) is 11.0. The van der Waals surface area contributed by atoms with Crippen LogP contribution in [0.15, 0.2) is 29.4 Å². The minimum Gasteiger partial charge on any atom is -0.326 e. The molecule has 1 aromatic carbocycles. The van der Waals surface area contributed by atoms with Gasteiger partial charge < -0.3 is 5.32 Å². The molecule has 1 amide bonds. The van der Waals surface area contributed by atoms with Crippen LogP contribution in [0.4, 0.5) is 5.69 Å². The maximum atomic E-state index is 11.0. The van der Waals surface area contributed by atoms with Gasteiger partial charge in [-0.2, -0.15) is 5.10 Å². The first kappa shape index (κ1) is 14.6. The lowest BCUT2D eigenvalue weighted by Gasteiger charge is -2.36. The second-order valence-corrected chi connectivity index (χ2v) is 5.56. The summed E-state index contributed by atoms with van der Waals surface area (Å²) in [6, 6.07) is 8.74. The topological polar surface area (TPSA) is 44.7 Å². The monoisotopic (exact) mass is 273 g/mol. The van der Waals surface area contributed by atoms with E-state index < -0.39 is 0 Å². The molecule has 0 bridgehead atoms. The molecule has 1 aliphatic rings. The molecule has 2 rings (SSSR count). The molecular weight excluding hydrogens is 250 g/mol. The molecule has 0 unspecified atom stereocenters. The van der Waals surface area contributed by atoms with Gasteiger partial charge in [-0.05, 0) is 50.8 Å². The van der Waals surface area contributed by atoms with Crippen LogP contribution in [0.3, 0.4) is 0 Å². The first-order chi connectivity index (χ1) is 9.56. The van der Waals surface area contributed by atoms with Crippen molar-refractivity contribution in [3.05, 3.63) is 29.8 Å². The van der Waals surface area contributed by atoms with Gasteiger partial charge in [-0.3, -0.25) is 9.80 Å². The van der Waals surface area contributed by atoms with Crippen molar-refractivity contribution in [1.29, 1.82) is 0 Å². The average molecular weight is 273 g/mol. The molecule has 108 valence electrons. The molecule has 4 heteroatoms. The lowest BCUT2D eigenvalue weighted by atomic mass is 10.00. The van der Waals surface area contributed by atoms with Gasteiger partial charge >= 0.3 is 0 Å². The Morgan fingerprint density at radius 2 is 1.85 bits per heavy atom. The van der Waals surface area contributed by atoms with Crippen LogP contribution in [0.2, 0.25) is 0 Å². The van der Waals surface area contributed by atoms with Crippen LogP contribution >= 0.6 is 0 Å². The van der Waals surface area contributed by atoms with Gasteiger partial charge in [0.05, 0.1) is 6.21 Å². The molecule has 20 heavy (non-hydrogen) atoms. The lowest BCUT2D eigenvalue weighted by Crippen LogP contribution is -2.39. The van der Waals surface area contributed by atoms with E-state index in [0.717, 1.165) is 11.3 Å². The maximum absolute atomic E-state index is 11.0. The van der Waals surface area contributed by atoms with Crippen molar-refractivity contribution in [1.82, 2.24) is 5.01 Å². The van der Waals surface area contributed by atoms with Gasteiger partial charge in [0.2, 0.25) is 5.91 Å². The predicted octanol–water partition coefficient (Wildman–Crippen LogP) is 3.24. The van der Waals surface area contributed by atoms with E-state index >= 15 is 0 Å². The van der Waals surface area contributed by atoms with Crippen molar-refractivity contribution in [2.24, 2.45) is 5.10 Å². The number of piperidine rings is 1. The van der Waals surface area contributed by atoms with Gasteiger partial charge in [0.25, 0.3) is 0 Å². The van der Waals surface area contributed by atoms with E-state index in [1.165, 1.54) is 26.2 Å². The number of nitrogens with zero attached hydrogens (tertiary/aromatic N) is 2. The molecule has 1 fully saturated rings. The number of hydrogen-bond acceptors (Lipinski definition) is 3. The van der Waals surface area contributed by atoms with E-state index in [9.17, 15) is 4.79 Å². The molecule has 0 radical (unpaired) electrons. The van der Waals surface area contributed by atoms with E-state index in [-0.39, 0.29) is 5.91 Å². The molecule has 1 aliphatic heterocycles. The van der Waals surface area contributed by atoms with E-state index in [1.54, 1.807) is 0 Å². The SMILES string of the molecule is CC(=O)Nc1ccc(/C=N\N2[C@@H](C)CCC[C@@H]2C)cc1. The third kappa shape index (κ3) is 3.83. The molecule has 2 atom stereocenters. The summed E-state index contributed by atoms with van der Waals surface area (Å²) in [5, 5.41) is 9.58. The highest BCUT2D eigenvalue weighted by atomic mass is 16.1. The lowest BCUT2D eigenvalue weighted by molar-refractivity contribution is -0.114. The number of carbonyl (C=O) groups is 1. The molecule has 4 nitrogen and oxygen atoms in total. The Labute approximate surface area is 120 Å². The summed E-state index contributed by atoms with van der Waals surface area (Å²) in [6.07, 6.45) is 5.61. The Balaban J connectivity index is 2.01. The van der Waals surface area contributed by atoms with Crippen molar-refractivity contribution in [2.45, 2.75) is 52.1 Å². The fourth-order valence-corrected chi connectivity index (χ4v) is 2.62. The van der Waals surface area contributed by atoms with Gasteiger partial charge in [-0.15, -0.1) is 0 Å². The summed E-state index contributed by atoms with van der Waals surface area (Å²) in [5.74, 6) is -0.0533. The normalized spacial score (nSPS) is 23.1. The summed E-state index contributed by atoms with van der Waals surface area (Å²) in [5.41, 5.74) is 1.86. The fraction of sp³-hybridized carbons (Fsp3) is 0.500. The van der Waals surface area contributed by atoms with Crippen LogP contribution in [0.25, 0.3) is 0 Å². The zero-order valence-electron chi connectivity index (χ0n) is 12.5.